The van der Waals surface area contributed by atoms with Crippen LogP contribution in [0.1, 0.15) is 49.5 Å². The second-order valence-electron chi connectivity index (χ2n) is 9.61. The van der Waals surface area contributed by atoms with E-state index in [1.807, 2.05) is 19.1 Å². The van der Waals surface area contributed by atoms with Crippen LogP contribution in [0.4, 0.5) is 10.1 Å². The molecular formula is C26H30FN7OS. The van der Waals surface area contributed by atoms with Gasteiger partial charge in [0.15, 0.2) is 5.65 Å². The molecule has 1 saturated heterocycles. The Bertz CT molecular complexity index is 1550. The van der Waals surface area contributed by atoms with E-state index in [-0.39, 0.29) is 35.9 Å². The maximum absolute atomic E-state index is 15.5. The van der Waals surface area contributed by atoms with Crippen molar-refractivity contribution < 1.29 is 4.39 Å². The van der Waals surface area contributed by atoms with Crippen molar-refractivity contribution in [2.45, 2.75) is 58.7 Å². The number of halogens is 1. The van der Waals surface area contributed by atoms with Gasteiger partial charge in [-0.05, 0) is 33.3 Å². The van der Waals surface area contributed by atoms with E-state index in [0.717, 1.165) is 17.1 Å². The molecule has 1 aliphatic rings. The molecule has 188 valence electrons. The van der Waals surface area contributed by atoms with Gasteiger partial charge in [0, 0.05) is 49.9 Å². The predicted octanol–water partition coefficient (Wildman–Crippen LogP) is 4.21. The van der Waals surface area contributed by atoms with E-state index in [9.17, 15) is 4.79 Å². The van der Waals surface area contributed by atoms with Gasteiger partial charge in [-0.15, -0.1) is 11.3 Å². The molecule has 1 aliphatic heterocycles. The summed E-state index contributed by atoms with van der Waals surface area (Å²) in [6.45, 7) is 9.65. The third kappa shape index (κ3) is 3.96. The lowest BCUT2D eigenvalue weighted by atomic mass is 9.98. The number of benzene rings is 1. The first kappa shape index (κ1) is 24.4. The normalized spacial score (nSPS) is 19.8. The van der Waals surface area contributed by atoms with E-state index in [2.05, 4.69) is 46.6 Å². The number of hydrogen-bond acceptors (Lipinski definition) is 7. The summed E-state index contributed by atoms with van der Waals surface area (Å²) in [6.07, 6.45) is 2.82. The minimum absolute atomic E-state index is 0.0692. The summed E-state index contributed by atoms with van der Waals surface area (Å²) in [5.41, 5.74) is 3.34. The Morgan fingerprint density at radius 3 is 2.81 bits per heavy atom. The summed E-state index contributed by atoms with van der Waals surface area (Å²) < 4.78 is 19.4. The number of aromatic nitrogens is 4. The molecule has 3 atom stereocenters. The number of hydrogen-bond donors (Lipinski definition) is 0. The Balaban J connectivity index is 1.50. The number of nitriles is 1. The Hall–Kier alpha value is -3.29. The molecule has 0 N–H and O–H groups in total. The zero-order valence-electron chi connectivity index (χ0n) is 21.2. The van der Waals surface area contributed by atoms with Crippen molar-refractivity contribution >= 4 is 32.9 Å². The van der Waals surface area contributed by atoms with E-state index < -0.39 is 0 Å². The summed E-state index contributed by atoms with van der Waals surface area (Å²) in [4.78, 5) is 26.5. The van der Waals surface area contributed by atoms with Crippen LogP contribution in [0.3, 0.4) is 0 Å². The maximum atomic E-state index is 15.5. The topological polar surface area (TPSA) is 82.5 Å². The summed E-state index contributed by atoms with van der Waals surface area (Å²) in [5.74, 6) is -0.175. The summed E-state index contributed by atoms with van der Waals surface area (Å²) in [5, 5.41) is 10.00. The highest BCUT2D eigenvalue weighted by Gasteiger charge is 2.36. The monoisotopic (exact) mass is 507 g/mol. The van der Waals surface area contributed by atoms with Crippen molar-refractivity contribution in [2.24, 2.45) is 7.05 Å². The molecule has 4 aromatic rings. The molecule has 0 amide bonds. The molecule has 4 heterocycles. The molecule has 0 aliphatic carbocycles. The summed E-state index contributed by atoms with van der Waals surface area (Å²) in [6, 6.07) is 7.69. The van der Waals surface area contributed by atoms with E-state index >= 15 is 4.39 Å². The SMILES string of the molecule is CC[C@@H]1CN(c2cc(=O)n(C)n3cc(CC#N)nc23)[C@@H](C)CN1C(C)c1ccc2nc(C)sc2c1F. The molecule has 1 unspecified atom stereocenters. The second-order valence-corrected chi connectivity index (χ2v) is 10.8. The van der Waals surface area contributed by atoms with Gasteiger partial charge < -0.3 is 4.90 Å². The van der Waals surface area contributed by atoms with Crippen molar-refractivity contribution in [1.29, 1.82) is 5.26 Å². The predicted molar refractivity (Wildman–Crippen MR) is 140 cm³/mol. The van der Waals surface area contributed by atoms with Crippen molar-refractivity contribution in [1.82, 2.24) is 24.1 Å². The highest BCUT2D eigenvalue weighted by atomic mass is 32.1. The van der Waals surface area contributed by atoms with Crippen LogP contribution in [0.5, 0.6) is 0 Å². The molecular weight excluding hydrogens is 477 g/mol. The van der Waals surface area contributed by atoms with Crippen molar-refractivity contribution in [3.05, 3.63) is 56.8 Å². The molecule has 8 nitrogen and oxygen atoms in total. The van der Waals surface area contributed by atoms with E-state index in [1.165, 1.54) is 16.0 Å². The third-order valence-electron chi connectivity index (χ3n) is 7.38. The van der Waals surface area contributed by atoms with Gasteiger partial charge in [0.05, 0.1) is 45.3 Å². The first-order valence-corrected chi connectivity index (χ1v) is 13.1. The van der Waals surface area contributed by atoms with Gasteiger partial charge in [0.2, 0.25) is 0 Å². The molecule has 0 saturated carbocycles. The summed E-state index contributed by atoms with van der Waals surface area (Å²) >= 11 is 1.40. The fourth-order valence-corrected chi connectivity index (χ4v) is 6.27. The fourth-order valence-electron chi connectivity index (χ4n) is 5.41. The van der Waals surface area contributed by atoms with Crippen molar-refractivity contribution in [2.75, 3.05) is 18.0 Å². The highest BCUT2D eigenvalue weighted by Crippen LogP contribution is 2.36. The fraction of sp³-hybridized carbons (Fsp3) is 0.462. The van der Waals surface area contributed by atoms with Crippen LogP contribution < -0.4 is 10.5 Å². The molecule has 36 heavy (non-hydrogen) atoms. The van der Waals surface area contributed by atoms with Crippen LogP contribution in [0, 0.1) is 24.1 Å². The van der Waals surface area contributed by atoms with E-state index in [0.29, 0.717) is 40.2 Å². The smallest absolute Gasteiger partial charge is 0.267 e. The van der Waals surface area contributed by atoms with Gasteiger partial charge in [0.25, 0.3) is 5.56 Å². The Kier molecular flexibility index (Phi) is 6.30. The number of piperazine rings is 1. The Morgan fingerprint density at radius 2 is 2.08 bits per heavy atom. The van der Waals surface area contributed by atoms with Crippen LogP contribution in [0.2, 0.25) is 0 Å². The van der Waals surface area contributed by atoms with Gasteiger partial charge >= 0.3 is 0 Å². The number of fused-ring (bicyclic) bond motifs is 2. The van der Waals surface area contributed by atoms with Crippen LogP contribution in [-0.4, -0.2) is 49.2 Å². The van der Waals surface area contributed by atoms with Crippen LogP contribution >= 0.6 is 11.3 Å². The lowest BCUT2D eigenvalue weighted by Gasteiger charge is -2.48. The molecule has 0 radical (unpaired) electrons. The minimum Gasteiger partial charge on any atom is -0.363 e. The molecule has 0 bridgehead atoms. The second kappa shape index (κ2) is 9.30. The quantitative estimate of drug-likeness (QED) is 0.403. The molecule has 3 aromatic heterocycles. The zero-order chi connectivity index (χ0) is 25.7. The van der Waals surface area contributed by atoms with Gasteiger partial charge in [-0.3, -0.25) is 9.69 Å². The van der Waals surface area contributed by atoms with Crippen molar-refractivity contribution in [3.8, 4) is 6.07 Å². The van der Waals surface area contributed by atoms with E-state index in [4.69, 9.17) is 5.26 Å². The zero-order valence-corrected chi connectivity index (χ0v) is 22.0. The number of thiazole rings is 1. The lowest BCUT2D eigenvalue weighted by molar-refractivity contribution is 0.104. The Labute approximate surface area is 213 Å². The molecule has 1 aromatic carbocycles. The number of aryl methyl sites for hydroxylation is 2. The van der Waals surface area contributed by atoms with Gasteiger partial charge in [0.1, 0.15) is 5.82 Å². The Morgan fingerprint density at radius 1 is 1.31 bits per heavy atom. The van der Waals surface area contributed by atoms with Gasteiger partial charge in [-0.1, -0.05) is 13.0 Å². The number of anilines is 1. The van der Waals surface area contributed by atoms with Crippen LogP contribution in [0.15, 0.2) is 29.2 Å². The number of nitrogens with zero attached hydrogens (tertiary/aromatic N) is 7. The van der Waals surface area contributed by atoms with Gasteiger partial charge in [-0.2, -0.15) is 5.26 Å². The largest absolute Gasteiger partial charge is 0.363 e. The van der Waals surface area contributed by atoms with Gasteiger partial charge in [-0.25, -0.2) is 23.6 Å². The third-order valence-corrected chi connectivity index (χ3v) is 8.35. The first-order valence-electron chi connectivity index (χ1n) is 12.3. The molecule has 5 rings (SSSR count). The standard InChI is InChI=1S/C26H30FN7OS/c1-6-19-14-32(22-11-23(35)31(5)34-13-18(9-10-28)30-26(22)34)15(2)12-33(19)16(3)20-7-8-21-25(24(20)27)36-17(4)29-21/h7-8,11,13,15-16,19H,6,9,12,14H2,1-5H3/t15-,16?,19+/m0/s1. The average Bonchev–Trinajstić information content (AvgIpc) is 3.45. The molecule has 1 fully saturated rings. The number of rotatable bonds is 5. The minimum atomic E-state index is -0.175. The summed E-state index contributed by atoms with van der Waals surface area (Å²) in [7, 11) is 1.70. The van der Waals surface area contributed by atoms with Crippen LogP contribution in [0.25, 0.3) is 15.9 Å². The lowest BCUT2D eigenvalue weighted by Crippen LogP contribution is -2.58. The maximum Gasteiger partial charge on any atom is 0.267 e. The van der Waals surface area contributed by atoms with Crippen LogP contribution in [-0.2, 0) is 13.5 Å². The number of imidazole rings is 1. The van der Waals surface area contributed by atoms with E-state index in [1.54, 1.807) is 23.8 Å². The first-order chi connectivity index (χ1) is 17.2. The molecule has 0 spiro atoms. The molecule has 10 heteroatoms. The average molecular weight is 508 g/mol. The highest BCUT2D eigenvalue weighted by molar-refractivity contribution is 7.18. The van der Waals surface area contributed by atoms with Crippen molar-refractivity contribution in [3.63, 3.8) is 0 Å².